The van der Waals surface area contributed by atoms with E-state index in [9.17, 15) is 0 Å². The van der Waals surface area contributed by atoms with Gasteiger partial charge in [0, 0.05) is 22.4 Å². The lowest BCUT2D eigenvalue weighted by atomic mass is 9.74. The molecule has 0 fully saturated rings. The van der Waals surface area contributed by atoms with Gasteiger partial charge in [-0.25, -0.2) is 0 Å². The Bertz CT molecular complexity index is 1180. The molecule has 2 atom stereocenters. The normalized spacial score (nSPS) is 24.1. The highest BCUT2D eigenvalue weighted by atomic mass is 32.2. The molecule has 3 aromatic rings. The van der Waals surface area contributed by atoms with Crippen LogP contribution in [0.1, 0.15) is 31.0 Å². The Morgan fingerprint density at radius 1 is 1.00 bits per heavy atom. The molecule has 4 heteroatoms. The first-order valence-electron chi connectivity index (χ1n) is 10.1. The maximum Gasteiger partial charge on any atom is 0.169 e. The molecule has 144 valence electrons. The van der Waals surface area contributed by atoms with Crippen LogP contribution in [0, 0.1) is 5.92 Å². The Morgan fingerprint density at radius 2 is 1.79 bits per heavy atom. The molecule has 0 spiro atoms. The number of ether oxygens (including phenoxy) is 1. The van der Waals surface area contributed by atoms with Gasteiger partial charge in [0.05, 0.1) is 18.3 Å². The van der Waals surface area contributed by atoms with Gasteiger partial charge in [-0.2, -0.15) is 0 Å². The third-order valence-corrected chi connectivity index (χ3v) is 7.38. The summed E-state index contributed by atoms with van der Waals surface area (Å²) in [6.45, 7) is 5.35. The van der Waals surface area contributed by atoms with Gasteiger partial charge < -0.3 is 9.64 Å². The lowest BCUT2D eigenvalue weighted by molar-refractivity contribution is 0.0754. The zero-order chi connectivity index (χ0) is 19.6. The van der Waals surface area contributed by atoms with Crippen LogP contribution in [0.5, 0.6) is 5.75 Å². The van der Waals surface area contributed by atoms with E-state index in [0.29, 0.717) is 6.61 Å². The summed E-state index contributed by atoms with van der Waals surface area (Å²) in [6, 6.07) is 23.6. The summed E-state index contributed by atoms with van der Waals surface area (Å²) in [5, 5.41) is 5.85. The Morgan fingerprint density at radius 3 is 2.66 bits per heavy atom. The molecule has 0 aromatic heterocycles. The maximum atomic E-state index is 6.30. The highest BCUT2D eigenvalue weighted by Crippen LogP contribution is 2.54. The average Bonchev–Trinajstić information content (AvgIpc) is 3.19. The molecule has 0 saturated heterocycles. The van der Waals surface area contributed by atoms with Crippen LogP contribution in [0.25, 0.3) is 16.5 Å². The molecular weight excluding hydrogens is 376 g/mol. The number of rotatable bonds is 1. The first-order chi connectivity index (χ1) is 14.1. The summed E-state index contributed by atoms with van der Waals surface area (Å²) < 4.78 is 6.30. The van der Waals surface area contributed by atoms with Crippen molar-refractivity contribution in [2.24, 2.45) is 10.9 Å². The number of hydrogen-bond acceptors (Lipinski definition) is 4. The fraction of sp³-hybridized carbons (Fsp3) is 0.240. The minimum atomic E-state index is -0.110. The van der Waals surface area contributed by atoms with E-state index < -0.39 is 0 Å². The van der Waals surface area contributed by atoms with Crippen LogP contribution >= 0.6 is 11.8 Å². The van der Waals surface area contributed by atoms with Crippen LogP contribution < -0.4 is 4.74 Å². The molecule has 0 aliphatic carbocycles. The zero-order valence-electron chi connectivity index (χ0n) is 16.5. The molecule has 29 heavy (non-hydrogen) atoms. The van der Waals surface area contributed by atoms with Crippen molar-refractivity contribution in [3.8, 4) is 5.75 Å². The van der Waals surface area contributed by atoms with Gasteiger partial charge in [-0.15, -0.1) is 0 Å². The summed E-state index contributed by atoms with van der Waals surface area (Å²) in [5.41, 5.74) is 3.61. The second-order valence-electron chi connectivity index (χ2n) is 8.45. The summed E-state index contributed by atoms with van der Waals surface area (Å²) in [6.07, 6.45) is 0. The minimum absolute atomic E-state index is 0.110. The lowest BCUT2D eigenvalue weighted by Gasteiger charge is -2.51. The van der Waals surface area contributed by atoms with Crippen LogP contribution in [-0.2, 0) is 0 Å². The molecule has 3 aliphatic heterocycles. The molecule has 3 nitrogen and oxygen atoms in total. The third-order valence-electron chi connectivity index (χ3n) is 6.54. The lowest BCUT2D eigenvalue weighted by Crippen LogP contribution is -2.56. The van der Waals surface area contributed by atoms with Crippen molar-refractivity contribution < 1.29 is 4.74 Å². The third kappa shape index (κ3) is 2.42. The average molecular weight is 399 g/mol. The second kappa shape index (κ2) is 6.14. The van der Waals surface area contributed by atoms with E-state index in [0.717, 1.165) is 10.9 Å². The number of fused-ring (bicyclic) bond motifs is 6. The van der Waals surface area contributed by atoms with Crippen LogP contribution in [-0.4, -0.2) is 22.2 Å². The van der Waals surface area contributed by atoms with Crippen molar-refractivity contribution in [1.29, 1.82) is 0 Å². The van der Waals surface area contributed by atoms with Crippen molar-refractivity contribution in [2.75, 3.05) is 6.61 Å². The largest absolute Gasteiger partial charge is 0.493 e. The van der Waals surface area contributed by atoms with Gasteiger partial charge in [-0.1, -0.05) is 72.4 Å². The highest BCUT2D eigenvalue weighted by molar-refractivity contribution is 8.16. The molecule has 0 amide bonds. The Labute approximate surface area is 175 Å². The molecule has 0 unspecified atom stereocenters. The quantitative estimate of drug-likeness (QED) is 0.496. The number of amidine groups is 1. The van der Waals surface area contributed by atoms with Gasteiger partial charge in [0.2, 0.25) is 0 Å². The van der Waals surface area contributed by atoms with Gasteiger partial charge in [0.1, 0.15) is 5.75 Å². The van der Waals surface area contributed by atoms with E-state index in [-0.39, 0.29) is 17.5 Å². The maximum absolute atomic E-state index is 6.30. The molecule has 6 rings (SSSR count). The topological polar surface area (TPSA) is 24.8 Å². The Balaban J connectivity index is 1.52. The highest BCUT2D eigenvalue weighted by Gasteiger charge is 2.51. The van der Waals surface area contributed by atoms with Crippen molar-refractivity contribution in [1.82, 2.24) is 4.90 Å². The van der Waals surface area contributed by atoms with Crippen LogP contribution in [0.3, 0.4) is 0 Å². The number of benzene rings is 3. The van der Waals surface area contributed by atoms with Crippen LogP contribution in [0.15, 0.2) is 77.1 Å². The van der Waals surface area contributed by atoms with Crippen LogP contribution in [0.2, 0.25) is 0 Å². The number of thioether (sulfide) groups is 1. The van der Waals surface area contributed by atoms with Gasteiger partial charge in [-0.3, -0.25) is 4.99 Å². The Kier molecular flexibility index (Phi) is 3.63. The predicted molar refractivity (Wildman–Crippen MR) is 121 cm³/mol. The molecular formula is C25H22N2OS. The number of nitrogens with zero attached hydrogens (tertiary/aromatic N) is 2. The molecule has 0 saturated carbocycles. The van der Waals surface area contributed by atoms with Gasteiger partial charge in [0.15, 0.2) is 5.17 Å². The minimum Gasteiger partial charge on any atom is -0.493 e. The Hall–Kier alpha value is -2.72. The van der Waals surface area contributed by atoms with Gasteiger partial charge >= 0.3 is 0 Å². The standard InChI is InChI=1S/C25H22N2OS/c1-25(2)19-14-28-21-13-12-16-8-6-7-11-18(16)22(21)23(19)26-24-27(25)20(15-29-24)17-9-4-3-5-10-17/h3-13,15,19,23H,14H2,1-2H3/t19-,23-/m0/s1. The van der Waals surface area contributed by atoms with Crippen molar-refractivity contribution >= 4 is 33.4 Å². The van der Waals surface area contributed by atoms with Crippen molar-refractivity contribution in [3.63, 3.8) is 0 Å². The monoisotopic (exact) mass is 398 g/mol. The van der Waals surface area contributed by atoms with Gasteiger partial charge in [0.25, 0.3) is 0 Å². The molecule has 0 radical (unpaired) electrons. The number of aliphatic imine (C=N–C) groups is 1. The fourth-order valence-corrected chi connectivity index (χ4v) is 6.05. The van der Waals surface area contributed by atoms with Crippen molar-refractivity contribution in [3.05, 3.63) is 83.3 Å². The molecule has 3 heterocycles. The SMILES string of the molecule is CC1(C)[C@H]2COc3ccc4ccccc4c3[C@H]2N=C2SC=C(c3ccccc3)N21. The summed E-state index contributed by atoms with van der Waals surface area (Å²) in [7, 11) is 0. The van der Waals surface area contributed by atoms with Crippen LogP contribution in [0.4, 0.5) is 0 Å². The predicted octanol–water partition coefficient (Wildman–Crippen LogP) is 6.09. The molecule has 3 aromatic carbocycles. The molecule has 0 N–H and O–H groups in total. The molecule has 3 aliphatic rings. The fourth-order valence-electron chi connectivity index (χ4n) is 4.98. The first-order valence-corrected chi connectivity index (χ1v) is 11.0. The van der Waals surface area contributed by atoms with Crippen molar-refractivity contribution in [2.45, 2.75) is 25.4 Å². The van der Waals surface area contributed by atoms with E-state index in [1.807, 2.05) is 0 Å². The second-order valence-corrected chi connectivity index (χ2v) is 9.29. The summed E-state index contributed by atoms with van der Waals surface area (Å²) in [5.74, 6) is 1.26. The smallest absolute Gasteiger partial charge is 0.169 e. The van der Waals surface area contributed by atoms with E-state index in [1.54, 1.807) is 11.8 Å². The zero-order valence-corrected chi connectivity index (χ0v) is 17.3. The van der Waals surface area contributed by atoms with E-state index in [1.165, 1.54) is 27.6 Å². The summed E-state index contributed by atoms with van der Waals surface area (Å²) >= 11 is 1.74. The van der Waals surface area contributed by atoms with Gasteiger partial charge in [-0.05, 0) is 36.2 Å². The first kappa shape index (κ1) is 17.2. The summed E-state index contributed by atoms with van der Waals surface area (Å²) in [4.78, 5) is 7.73. The van der Waals surface area contributed by atoms with E-state index >= 15 is 0 Å². The van der Waals surface area contributed by atoms with E-state index in [2.05, 4.69) is 90.9 Å². The number of hydrogen-bond donors (Lipinski definition) is 0. The molecule has 0 bridgehead atoms. The van der Waals surface area contributed by atoms with E-state index in [4.69, 9.17) is 9.73 Å².